The highest BCUT2D eigenvalue weighted by Crippen LogP contribution is 2.18. The van der Waals surface area contributed by atoms with E-state index in [1.165, 1.54) is 12.4 Å². The number of aromatic nitrogens is 2. The van der Waals surface area contributed by atoms with Crippen molar-refractivity contribution in [3.8, 4) is 6.07 Å². The van der Waals surface area contributed by atoms with Crippen molar-refractivity contribution in [3.05, 3.63) is 29.8 Å². The summed E-state index contributed by atoms with van der Waals surface area (Å²) in [5.74, 6) is -0.339. The maximum atomic E-state index is 13.1. The first-order chi connectivity index (χ1) is 6.33. The summed E-state index contributed by atoms with van der Waals surface area (Å²) in [6, 6.07) is 4.93. The van der Waals surface area contributed by atoms with Crippen LogP contribution in [0.5, 0.6) is 0 Å². The van der Waals surface area contributed by atoms with Gasteiger partial charge in [0.2, 0.25) is 0 Å². The number of hydrogen-bond acceptors (Lipinski definition) is 2. The summed E-state index contributed by atoms with van der Waals surface area (Å²) >= 11 is 0. The van der Waals surface area contributed by atoms with Crippen LogP contribution in [0.25, 0.3) is 11.0 Å². The molecule has 13 heavy (non-hydrogen) atoms. The van der Waals surface area contributed by atoms with Crippen LogP contribution in [0.3, 0.4) is 0 Å². The zero-order valence-electron chi connectivity index (χ0n) is 6.71. The first-order valence-corrected chi connectivity index (χ1v) is 3.80. The Morgan fingerprint density at radius 2 is 2.38 bits per heavy atom. The fourth-order valence-corrected chi connectivity index (χ4v) is 1.28. The molecular formula is C9H6FN3. The lowest BCUT2D eigenvalue weighted by atomic mass is 10.1. The number of fused-ring (bicyclic) bond motifs is 1. The van der Waals surface area contributed by atoms with E-state index in [-0.39, 0.29) is 12.2 Å². The lowest BCUT2D eigenvalue weighted by Crippen LogP contribution is -1.86. The molecule has 0 unspecified atom stereocenters. The molecule has 1 aromatic heterocycles. The van der Waals surface area contributed by atoms with Crippen LogP contribution in [0.2, 0.25) is 0 Å². The van der Waals surface area contributed by atoms with Gasteiger partial charge in [-0.3, -0.25) is 0 Å². The Hall–Kier alpha value is -1.89. The summed E-state index contributed by atoms with van der Waals surface area (Å²) < 4.78 is 13.1. The molecule has 64 valence electrons. The fourth-order valence-electron chi connectivity index (χ4n) is 1.28. The van der Waals surface area contributed by atoms with Crippen molar-refractivity contribution in [1.82, 2.24) is 9.97 Å². The Morgan fingerprint density at radius 1 is 1.54 bits per heavy atom. The average molecular weight is 175 g/mol. The molecule has 0 amide bonds. The van der Waals surface area contributed by atoms with Crippen LogP contribution in [-0.4, -0.2) is 9.97 Å². The van der Waals surface area contributed by atoms with Gasteiger partial charge >= 0.3 is 0 Å². The van der Waals surface area contributed by atoms with Gasteiger partial charge in [-0.25, -0.2) is 9.37 Å². The Kier molecular flexibility index (Phi) is 1.71. The van der Waals surface area contributed by atoms with E-state index < -0.39 is 0 Å². The van der Waals surface area contributed by atoms with Crippen molar-refractivity contribution < 1.29 is 4.39 Å². The maximum Gasteiger partial charge on any atom is 0.148 e. The number of nitriles is 1. The maximum absolute atomic E-state index is 13.1. The highest BCUT2D eigenvalue weighted by Gasteiger charge is 2.07. The Morgan fingerprint density at radius 3 is 3.15 bits per heavy atom. The minimum Gasteiger partial charge on any atom is -0.342 e. The Bertz CT molecular complexity index is 481. The summed E-state index contributed by atoms with van der Waals surface area (Å²) in [5, 5.41) is 8.50. The topological polar surface area (TPSA) is 52.5 Å². The molecule has 3 nitrogen and oxygen atoms in total. The number of aromatic amines is 1. The lowest BCUT2D eigenvalue weighted by Gasteiger charge is -1.96. The Labute approximate surface area is 73.8 Å². The second-order valence-corrected chi connectivity index (χ2v) is 2.67. The molecular weight excluding hydrogens is 169 g/mol. The number of halogens is 1. The van der Waals surface area contributed by atoms with Crippen LogP contribution in [0.4, 0.5) is 4.39 Å². The SMILES string of the molecule is N#CCc1ccc(F)c2[nH]cnc12. The number of benzene rings is 1. The molecule has 4 heteroatoms. The minimum atomic E-state index is -0.339. The molecule has 1 aromatic carbocycles. The summed E-state index contributed by atoms with van der Waals surface area (Å²) in [6.07, 6.45) is 1.68. The molecule has 2 rings (SSSR count). The molecule has 2 aromatic rings. The van der Waals surface area contributed by atoms with Gasteiger partial charge in [-0.05, 0) is 11.6 Å². The number of H-pyrrole nitrogens is 1. The minimum absolute atomic E-state index is 0.252. The van der Waals surface area contributed by atoms with Gasteiger partial charge < -0.3 is 4.98 Å². The molecule has 0 aliphatic heterocycles. The van der Waals surface area contributed by atoms with Crippen LogP contribution < -0.4 is 0 Å². The van der Waals surface area contributed by atoms with Gasteiger partial charge in [0.15, 0.2) is 0 Å². The third-order valence-electron chi connectivity index (χ3n) is 1.88. The smallest absolute Gasteiger partial charge is 0.148 e. The van der Waals surface area contributed by atoms with Crippen molar-refractivity contribution >= 4 is 11.0 Å². The molecule has 0 radical (unpaired) electrons. The molecule has 0 aliphatic rings. The van der Waals surface area contributed by atoms with Gasteiger partial charge in [-0.1, -0.05) is 6.07 Å². The lowest BCUT2D eigenvalue weighted by molar-refractivity contribution is 0.637. The van der Waals surface area contributed by atoms with Gasteiger partial charge in [0.1, 0.15) is 11.3 Å². The van der Waals surface area contributed by atoms with Gasteiger partial charge in [-0.15, -0.1) is 0 Å². The van der Waals surface area contributed by atoms with Crippen LogP contribution in [-0.2, 0) is 6.42 Å². The van der Waals surface area contributed by atoms with Crippen molar-refractivity contribution in [1.29, 1.82) is 5.26 Å². The second kappa shape index (κ2) is 2.87. The summed E-state index contributed by atoms with van der Waals surface area (Å²) in [4.78, 5) is 6.64. The number of imidazole rings is 1. The zero-order valence-corrected chi connectivity index (χ0v) is 6.71. The van der Waals surface area contributed by atoms with Crippen LogP contribution in [0, 0.1) is 17.1 Å². The largest absolute Gasteiger partial charge is 0.342 e. The normalized spacial score (nSPS) is 10.2. The van der Waals surface area contributed by atoms with Gasteiger partial charge in [0.25, 0.3) is 0 Å². The molecule has 0 aliphatic carbocycles. The molecule has 0 fully saturated rings. The van der Waals surface area contributed by atoms with Crippen molar-refractivity contribution in [3.63, 3.8) is 0 Å². The zero-order chi connectivity index (χ0) is 9.26. The molecule has 0 saturated carbocycles. The van der Waals surface area contributed by atoms with Crippen LogP contribution in [0.1, 0.15) is 5.56 Å². The summed E-state index contributed by atoms with van der Waals surface area (Å²) in [6.45, 7) is 0. The van der Waals surface area contributed by atoms with E-state index in [4.69, 9.17) is 5.26 Å². The molecule has 1 heterocycles. The summed E-state index contributed by atoms with van der Waals surface area (Å²) in [7, 11) is 0. The monoisotopic (exact) mass is 175 g/mol. The highest BCUT2D eigenvalue weighted by molar-refractivity contribution is 5.79. The third-order valence-corrected chi connectivity index (χ3v) is 1.88. The standard InChI is InChI=1S/C9H6FN3/c10-7-2-1-6(3-4-11)8-9(7)13-5-12-8/h1-2,5H,3H2,(H,12,13). The van der Waals surface area contributed by atoms with Crippen molar-refractivity contribution in [2.24, 2.45) is 0 Å². The van der Waals surface area contributed by atoms with E-state index >= 15 is 0 Å². The molecule has 0 spiro atoms. The van der Waals surface area contributed by atoms with E-state index in [1.54, 1.807) is 6.07 Å². The number of hydrogen-bond donors (Lipinski definition) is 1. The van der Waals surface area contributed by atoms with Crippen molar-refractivity contribution in [2.45, 2.75) is 6.42 Å². The van der Waals surface area contributed by atoms with E-state index in [0.29, 0.717) is 11.0 Å². The average Bonchev–Trinajstić information content (AvgIpc) is 2.59. The van der Waals surface area contributed by atoms with Gasteiger partial charge in [0, 0.05) is 0 Å². The quantitative estimate of drug-likeness (QED) is 0.718. The first kappa shape index (κ1) is 7.74. The number of nitrogens with one attached hydrogen (secondary N) is 1. The fraction of sp³-hybridized carbons (Fsp3) is 0.111. The van der Waals surface area contributed by atoms with Crippen molar-refractivity contribution in [2.75, 3.05) is 0 Å². The number of rotatable bonds is 1. The molecule has 0 atom stereocenters. The van der Waals surface area contributed by atoms with E-state index in [9.17, 15) is 4.39 Å². The molecule has 0 saturated heterocycles. The van der Waals surface area contributed by atoms with E-state index in [1.807, 2.05) is 6.07 Å². The van der Waals surface area contributed by atoms with Gasteiger partial charge in [-0.2, -0.15) is 5.26 Å². The van der Waals surface area contributed by atoms with Crippen LogP contribution in [0.15, 0.2) is 18.5 Å². The van der Waals surface area contributed by atoms with Gasteiger partial charge in [0.05, 0.1) is 24.3 Å². The molecule has 0 bridgehead atoms. The number of nitrogens with zero attached hydrogens (tertiary/aromatic N) is 2. The predicted molar refractivity (Wildman–Crippen MR) is 45.4 cm³/mol. The molecule has 1 N–H and O–H groups in total. The predicted octanol–water partition coefficient (Wildman–Crippen LogP) is 1.77. The Balaban J connectivity index is 2.72. The van der Waals surface area contributed by atoms with E-state index in [0.717, 1.165) is 5.56 Å². The van der Waals surface area contributed by atoms with E-state index in [2.05, 4.69) is 9.97 Å². The summed E-state index contributed by atoms with van der Waals surface area (Å²) in [5.41, 5.74) is 1.66. The highest BCUT2D eigenvalue weighted by atomic mass is 19.1. The first-order valence-electron chi connectivity index (χ1n) is 3.80. The van der Waals surface area contributed by atoms with Crippen LogP contribution >= 0.6 is 0 Å². The second-order valence-electron chi connectivity index (χ2n) is 2.67. The third kappa shape index (κ3) is 1.14.